The zero-order valence-electron chi connectivity index (χ0n) is 9.96. The third-order valence-corrected chi connectivity index (χ3v) is 3.85. The van der Waals surface area contributed by atoms with Crippen LogP contribution in [-0.2, 0) is 10.0 Å². The minimum absolute atomic E-state index is 0.0125. The first-order chi connectivity index (χ1) is 9.01. The number of benzene rings is 1. The van der Waals surface area contributed by atoms with Crippen molar-refractivity contribution in [1.82, 2.24) is 9.97 Å². The van der Waals surface area contributed by atoms with Crippen LogP contribution in [0, 0.1) is 0 Å². The Morgan fingerprint density at radius 2 is 1.68 bits per heavy atom. The zero-order valence-corrected chi connectivity index (χ0v) is 11.5. The van der Waals surface area contributed by atoms with Crippen LogP contribution in [0.25, 0.3) is 0 Å². The van der Waals surface area contributed by atoms with E-state index in [0.29, 0.717) is 16.7 Å². The molecule has 0 saturated carbocycles. The summed E-state index contributed by atoms with van der Waals surface area (Å²) in [5.41, 5.74) is 0.419. The van der Waals surface area contributed by atoms with Crippen molar-refractivity contribution >= 4 is 33.3 Å². The predicted molar refractivity (Wildman–Crippen MR) is 73.8 cm³/mol. The Morgan fingerprint density at radius 3 is 2.21 bits per heavy atom. The molecule has 0 saturated heterocycles. The third kappa shape index (κ3) is 3.33. The van der Waals surface area contributed by atoms with Crippen LogP contribution < -0.4 is 10.0 Å². The Kier molecular flexibility index (Phi) is 3.87. The second-order valence-corrected chi connectivity index (χ2v) is 5.72. The molecule has 8 heteroatoms. The maximum absolute atomic E-state index is 12.0. The summed E-state index contributed by atoms with van der Waals surface area (Å²) in [6.07, 6.45) is 2.47. The lowest BCUT2D eigenvalue weighted by Gasteiger charge is -2.07. The van der Waals surface area contributed by atoms with E-state index in [0.717, 1.165) is 0 Å². The highest BCUT2D eigenvalue weighted by Gasteiger charge is 2.15. The van der Waals surface area contributed by atoms with Gasteiger partial charge in [0.2, 0.25) is 5.95 Å². The summed E-state index contributed by atoms with van der Waals surface area (Å²) in [4.78, 5) is 7.70. The van der Waals surface area contributed by atoms with Gasteiger partial charge in [-0.2, -0.15) is 0 Å². The standard InChI is InChI=1S/C11H11ClN4O2S/c1-13-11-14-6-10(7-15-11)19(17,18)16-9-4-2-8(12)3-5-9/h2-7,16H,1H3,(H,13,14,15). The van der Waals surface area contributed by atoms with Gasteiger partial charge in [-0.1, -0.05) is 11.6 Å². The lowest BCUT2D eigenvalue weighted by atomic mass is 10.3. The van der Waals surface area contributed by atoms with Crippen LogP contribution in [0.15, 0.2) is 41.6 Å². The quantitative estimate of drug-likeness (QED) is 0.901. The van der Waals surface area contributed by atoms with Crippen LogP contribution in [-0.4, -0.2) is 25.4 Å². The number of hydrogen-bond donors (Lipinski definition) is 2. The third-order valence-electron chi connectivity index (χ3n) is 2.26. The first kappa shape index (κ1) is 13.6. The number of nitrogens with one attached hydrogen (secondary N) is 2. The van der Waals surface area contributed by atoms with E-state index in [1.54, 1.807) is 31.3 Å². The van der Waals surface area contributed by atoms with Gasteiger partial charge in [0.1, 0.15) is 4.90 Å². The molecule has 2 N–H and O–H groups in total. The first-order valence-electron chi connectivity index (χ1n) is 5.29. The van der Waals surface area contributed by atoms with Gasteiger partial charge in [0.25, 0.3) is 10.0 Å². The molecule has 0 fully saturated rings. The molecule has 0 aliphatic rings. The van der Waals surface area contributed by atoms with Gasteiger partial charge in [0.05, 0.1) is 12.4 Å². The highest BCUT2D eigenvalue weighted by Crippen LogP contribution is 2.17. The van der Waals surface area contributed by atoms with Crippen LogP contribution >= 0.6 is 11.6 Å². The number of rotatable bonds is 4. The van der Waals surface area contributed by atoms with Gasteiger partial charge in [-0.3, -0.25) is 4.72 Å². The van der Waals surface area contributed by atoms with E-state index in [9.17, 15) is 8.42 Å². The summed E-state index contributed by atoms with van der Waals surface area (Å²) in [5, 5.41) is 3.24. The number of aromatic nitrogens is 2. The van der Waals surface area contributed by atoms with Crippen molar-refractivity contribution in [3.63, 3.8) is 0 Å². The van der Waals surface area contributed by atoms with Crippen molar-refractivity contribution in [2.45, 2.75) is 4.90 Å². The van der Waals surface area contributed by atoms with Gasteiger partial charge in [0, 0.05) is 17.8 Å². The van der Waals surface area contributed by atoms with E-state index in [-0.39, 0.29) is 4.90 Å². The molecule has 0 atom stereocenters. The summed E-state index contributed by atoms with van der Waals surface area (Å²) >= 11 is 5.73. The van der Waals surface area contributed by atoms with Crippen LogP contribution in [0.3, 0.4) is 0 Å². The molecule has 1 aromatic heterocycles. The Labute approximate surface area is 115 Å². The predicted octanol–water partition coefficient (Wildman–Crippen LogP) is 1.97. The lowest BCUT2D eigenvalue weighted by Crippen LogP contribution is -2.13. The highest BCUT2D eigenvalue weighted by atomic mass is 35.5. The normalized spacial score (nSPS) is 11.1. The van der Waals surface area contributed by atoms with Crippen molar-refractivity contribution < 1.29 is 8.42 Å². The number of hydrogen-bond acceptors (Lipinski definition) is 5. The summed E-state index contributed by atoms with van der Waals surface area (Å²) in [6.45, 7) is 0. The van der Waals surface area contributed by atoms with Crippen molar-refractivity contribution in [1.29, 1.82) is 0 Å². The molecule has 0 bridgehead atoms. The Balaban J connectivity index is 2.24. The van der Waals surface area contributed by atoms with Crippen molar-refractivity contribution in [3.8, 4) is 0 Å². The molecule has 0 spiro atoms. The molecule has 0 radical (unpaired) electrons. The van der Waals surface area contributed by atoms with E-state index < -0.39 is 10.0 Å². The van der Waals surface area contributed by atoms with Crippen molar-refractivity contribution in [3.05, 3.63) is 41.7 Å². The van der Waals surface area contributed by atoms with Gasteiger partial charge >= 0.3 is 0 Å². The van der Waals surface area contributed by atoms with Crippen molar-refractivity contribution in [2.24, 2.45) is 0 Å². The fraction of sp³-hybridized carbons (Fsp3) is 0.0909. The molecule has 0 aliphatic carbocycles. The maximum Gasteiger partial charge on any atom is 0.264 e. The zero-order chi connectivity index (χ0) is 13.9. The first-order valence-corrected chi connectivity index (χ1v) is 7.15. The number of nitrogens with zero attached hydrogens (tertiary/aromatic N) is 2. The minimum Gasteiger partial charge on any atom is -0.357 e. The molecule has 2 rings (SSSR count). The second kappa shape index (κ2) is 5.41. The van der Waals surface area contributed by atoms with Gasteiger partial charge in [-0.25, -0.2) is 18.4 Å². The maximum atomic E-state index is 12.0. The molecule has 1 heterocycles. The van der Waals surface area contributed by atoms with Gasteiger partial charge in [0.15, 0.2) is 0 Å². The molecular weight excluding hydrogens is 288 g/mol. The molecular formula is C11H11ClN4O2S. The van der Waals surface area contributed by atoms with Crippen LogP contribution in [0.5, 0.6) is 0 Å². The molecule has 2 aromatic rings. The summed E-state index contributed by atoms with van der Waals surface area (Å²) < 4.78 is 26.5. The summed E-state index contributed by atoms with van der Waals surface area (Å²) in [7, 11) is -2.05. The molecule has 19 heavy (non-hydrogen) atoms. The monoisotopic (exact) mass is 298 g/mol. The lowest BCUT2D eigenvalue weighted by molar-refractivity contribution is 0.600. The van der Waals surface area contributed by atoms with Gasteiger partial charge in [-0.05, 0) is 24.3 Å². The number of sulfonamides is 1. The van der Waals surface area contributed by atoms with E-state index in [1.165, 1.54) is 12.4 Å². The molecule has 6 nitrogen and oxygen atoms in total. The fourth-order valence-corrected chi connectivity index (χ4v) is 2.39. The van der Waals surface area contributed by atoms with Gasteiger partial charge < -0.3 is 5.32 Å². The Morgan fingerprint density at radius 1 is 1.11 bits per heavy atom. The molecule has 0 unspecified atom stereocenters. The average molecular weight is 299 g/mol. The fourth-order valence-electron chi connectivity index (χ4n) is 1.32. The van der Waals surface area contributed by atoms with E-state index in [2.05, 4.69) is 20.0 Å². The van der Waals surface area contributed by atoms with Crippen molar-refractivity contribution in [2.75, 3.05) is 17.1 Å². The molecule has 0 aliphatic heterocycles. The summed E-state index contributed by atoms with van der Waals surface area (Å²) in [6, 6.07) is 6.34. The number of anilines is 2. The largest absolute Gasteiger partial charge is 0.357 e. The van der Waals surface area contributed by atoms with Crippen LogP contribution in [0.2, 0.25) is 5.02 Å². The Hall–Kier alpha value is -1.86. The highest BCUT2D eigenvalue weighted by molar-refractivity contribution is 7.92. The van der Waals surface area contributed by atoms with Crippen LogP contribution in [0.1, 0.15) is 0 Å². The molecule has 0 amide bonds. The second-order valence-electron chi connectivity index (χ2n) is 3.60. The Bertz CT molecular complexity index is 656. The average Bonchev–Trinajstić information content (AvgIpc) is 2.41. The van der Waals surface area contributed by atoms with E-state index in [4.69, 9.17) is 11.6 Å². The van der Waals surface area contributed by atoms with E-state index >= 15 is 0 Å². The topological polar surface area (TPSA) is 84.0 Å². The van der Waals surface area contributed by atoms with E-state index in [1.807, 2.05) is 0 Å². The minimum atomic E-state index is -3.70. The smallest absolute Gasteiger partial charge is 0.264 e. The number of halogens is 1. The molecule has 1 aromatic carbocycles. The van der Waals surface area contributed by atoms with Gasteiger partial charge in [-0.15, -0.1) is 0 Å². The molecule has 100 valence electrons. The summed E-state index contributed by atoms with van der Waals surface area (Å²) in [5.74, 6) is 0.352. The SMILES string of the molecule is CNc1ncc(S(=O)(=O)Nc2ccc(Cl)cc2)cn1. The van der Waals surface area contributed by atoms with Crippen LogP contribution in [0.4, 0.5) is 11.6 Å².